The minimum absolute atomic E-state index is 0.0463. The molecule has 0 unspecified atom stereocenters. The number of phenolic OH excluding ortho intramolecular Hbond substituents is 1. The maximum absolute atomic E-state index is 13.7. The largest absolute Gasteiger partial charge is 0.508 e. The number of halogens is 1. The molecule has 180 valence electrons. The van der Waals surface area contributed by atoms with Gasteiger partial charge in [-0.3, -0.25) is 9.69 Å². The van der Waals surface area contributed by atoms with E-state index >= 15 is 0 Å². The Kier molecular flexibility index (Phi) is 6.83. The highest BCUT2D eigenvalue weighted by molar-refractivity contribution is 7.21. The van der Waals surface area contributed by atoms with Gasteiger partial charge in [-0.05, 0) is 85.5 Å². The number of benzene rings is 3. The van der Waals surface area contributed by atoms with Crippen LogP contribution in [-0.4, -0.2) is 42.0 Å². The van der Waals surface area contributed by atoms with Crippen LogP contribution in [0.5, 0.6) is 11.5 Å². The number of thiophene rings is 1. The van der Waals surface area contributed by atoms with Crippen LogP contribution in [0.4, 0.5) is 0 Å². The predicted octanol–water partition coefficient (Wildman–Crippen LogP) is 7.19. The van der Waals surface area contributed by atoms with E-state index in [2.05, 4.69) is 11.8 Å². The Morgan fingerprint density at radius 2 is 1.94 bits per heavy atom. The summed E-state index contributed by atoms with van der Waals surface area (Å²) in [5, 5.41) is 11.6. The normalized spacial score (nSPS) is 16.1. The maximum Gasteiger partial charge on any atom is 0.203 e. The molecule has 0 spiro atoms. The van der Waals surface area contributed by atoms with Crippen LogP contribution in [0.15, 0.2) is 60.7 Å². The number of ether oxygens (including phenoxy) is 1. The number of carbonyl (C=O) groups is 1. The molecule has 2 heterocycles. The first-order valence-corrected chi connectivity index (χ1v) is 13.1. The van der Waals surface area contributed by atoms with E-state index in [1.54, 1.807) is 24.3 Å². The van der Waals surface area contributed by atoms with Crippen LogP contribution in [0.2, 0.25) is 5.02 Å². The minimum Gasteiger partial charge on any atom is -0.508 e. The Morgan fingerprint density at radius 1 is 1.14 bits per heavy atom. The lowest BCUT2D eigenvalue weighted by Crippen LogP contribution is -2.25. The van der Waals surface area contributed by atoms with Gasteiger partial charge in [-0.1, -0.05) is 30.7 Å². The second kappa shape index (κ2) is 10.0. The summed E-state index contributed by atoms with van der Waals surface area (Å²) < 4.78 is 6.87. The predicted molar refractivity (Wildman–Crippen MR) is 144 cm³/mol. The van der Waals surface area contributed by atoms with Gasteiger partial charge in [-0.25, -0.2) is 0 Å². The zero-order valence-electron chi connectivity index (χ0n) is 19.9. The molecule has 0 saturated carbocycles. The van der Waals surface area contributed by atoms with Crippen molar-refractivity contribution in [3.05, 3.63) is 81.7 Å². The number of carbonyl (C=O) groups excluding carboxylic acids is 1. The van der Waals surface area contributed by atoms with Gasteiger partial charge < -0.3 is 9.84 Å². The summed E-state index contributed by atoms with van der Waals surface area (Å²) in [4.78, 5) is 16.8. The summed E-state index contributed by atoms with van der Waals surface area (Å²) in [6.45, 7) is 8.08. The van der Waals surface area contributed by atoms with E-state index in [9.17, 15) is 9.90 Å². The van der Waals surface area contributed by atoms with E-state index in [0.29, 0.717) is 22.1 Å². The number of nitrogens with zero attached hydrogens (tertiary/aromatic N) is 1. The second-order valence-corrected chi connectivity index (χ2v) is 10.8. The molecule has 4 nitrogen and oxygen atoms in total. The fourth-order valence-corrected chi connectivity index (χ4v) is 6.21. The number of ketones is 1. The van der Waals surface area contributed by atoms with Crippen molar-refractivity contribution in [3.63, 3.8) is 0 Å². The van der Waals surface area contributed by atoms with Gasteiger partial charge in [-0.15, -0.1) is 11.3 Å². The molecule has 0 radical (unpaired) electrons. The standard InChI is InChI=1S/C29H28ClNO3S/c1-18-11-12-31(17-18)13-14-34-23-7-3-20(4-8-23)27-25-10-6-22(32)16-26(25)35-29(27)28(33)24-9-5-21(30)15-19(24)2/h3-10,15-16,18,32H,11-14,17H2,1-2H3/t18-/m0/s1. The molecule has 1 aliphatic heterocycles. The van der Waals surface area contributed by atoms with E-state index in [4.69, 9.17) is 16.3 Å². The first kappa shape index (κ1) is 23.9. The van der Waals surface area contributed by atoms with Gasteiger partial charge in [0.15, 0.2) is 0 Å². The van der Waals surface area contributed by atoms with Gasteiger partial charge in [0.2, 0.25) is 5.78 Å². The van der Waals surface area contributed by atoms with E-state index in [0.717, 1.165) is 58.1 Å². The number of rotatable bonds is 7. The highest BCUT2D eigenvalue weighted by atomic mass is 35.5. The van der Waals surface area contributed by atoms with Gasteiger partial charge in [0, 0.05) is 39.3 Å². The molecular weight excluding hydrogens is 478 g/mol. The minimum atomic E-state index is -0.0463. The van der Waals surface area contributed by atoms with Crippen molar-refractivity contribution in [2.24, 2.45) is 5.92 Å². The average Bonchev–Trinajstić information content (AvgIpc) is 3.42. The van der Waals surface area contributed by atoms with Crippen LogP contribution in [0.25, 0.3) is 21.2 Å². The molecule has 0 aliphatic carbocycles. The third-order valence-corrected chi connectivity index (χ3v) is 8.03. The average molecular weight is 506 g/mol. The van der Waals surface area contributed by atoms with Crippen molar-refractivity contribution in [1.82, 2.24) is 4.90 Å². The summed E-state index contributed by atoms with van der Waals surface area (Å²) in [6.07, 6.45) is 1.26. The summed E-state index contributed by atoms with van der Waals surface area (Å²) in [5.74, 6) is 1.72. The highest BCUT2D eigenvalue weighted by Gasteiger charge is 2.23. The van der Waals surface area contributed by atoms with Crippen LogP contribution in [0.3, 0.4) is 0 Å². The first-order chi connectivity index (χ1) is 16.9. The molecule has 1 atom stereocenters. The van der Waals surface area contributed by atoms with E-state index < -0.39 is 0 Å². The van der Waals surface area contributed by atoms with Gasteiger partial charge in [0.25, 0.3) is 0 Å². The molecule has 1 fully saturated rings. The number of aromatic hydroxyl groups is 1. The molecular formula is C29H28ClNO3S. The Morgan fingerprint density at radius 3 is 2.66 bits per heavy atom. The summed E-state index contributed by atoms with van der Waals surface area (Å²) in [6, 6.07) is 18.5. The van der Waals surface area contributed by atoms with E-state index in [1.165, 1.54) is 17.8 Å². The lowest BCUT2D eigenvalue weighted by atomic mass is 9.96. The van der Waals surface area contributed by atoms with Crippen molar-refractivity contribution in [3.8, 4) is 22.6 Å². The fraction of sp³-hybridized carbons (Fsp3) is 0.276. The Hall–Kier alpha value is -2.86. The molecule has 1 saturated heterocycles. The Bertz CT molecular complexity index is 1380. The zero-order chi connectivity index (χ0) is 24.5. The number of likely N-dealkylation sites (tertiary alicyclic amines) is 1. The van der Waals surface area contributed by atoms with Gasteiger partial charge in [0.1, 0.15) is 18.1 Å². The molecule has 1 aromatic heterocycles. The molecule has 4 aromatic rings. The highest BCUT2D eigenvalue weighted by Crippen LogP contribution is 2.42. The van der Waals surface area contributed by atoms with Crippen molar-refractivity contribution in [1.29, 1.82) is 0 Å². The number of hydrogen-bond donors (Lipinski definition) is 1. The topological polar surface area (TPSA) is 49.8 Å². The summed E-state index contributed by atoms with van der Waals surface area (Å²) in [7, 11) is 0. The number of aryl methyl sites for hydroxylation is 1. The third-order valence-electron chi connectivity index (χ3n) is 6.64. The number of hydrogen-bond acceptors (Lipinski definition) is 5. The first-order valence-electron chi connectivity index (χ1n) is 11.9. The van der Waals surface area contributed by atoms with Crippen molar-refractivity contribution >= 4 is 38.8 Å². The van der Waals surface area contributed by atoms with Crippen LogP contribution in [0, 0.1) is 12.8 Å². The van der Waals surface area contributed by atoms with Crippen LogP contribution >= 0.6 is 22.9 Å². The zero-order valence-corrected chi connectivity index (χ0v) is 21.5. The van der Waals surface area contributed by atoms with Gasteiger partial charge in [0.05, 0.1) is 4.88 Å². The van der Waals surface area contributed by atoms with Crippen molar-refractivity contribution in [2.45, 2.75) is 20.3 Å². The number of fused-ring (bicyclic) bond motifs is 1. The quantitative estimate of drug-likeness (QED) is 0.270. The SMILES string of the molecule is Cc1cc(Cl)ccc1C(=O)c1sc2cc(O)ccc2c1-c1ccc(OCCN2CC[C@H](C)C2)cc1. The van der Waals surface area contributed by atoms with E-state index in [1.807, 2.05) is 43.3 Å². The second-order valence-electron chi connectivity index (χ2n) is 9.34. The molecule has 1 N–H and O–H groups in total. The molecule has 5 rings (SSSR count). The molecule has 3 aromatic carbocycles. The lowest BCUT2D eigenvalue weighted by Gasteiger charge is -2.15. The van der Waals surface area contributed by atoms with Gasteiger partial charge in [-0.2, -0.15) is 0 Å². The summed E-state index contributed by atoms with van der Waals surface area (Å²) in [5.41, 5.74) is 3.28. The monoisotopic (exact) mass is 505 g/mol. The molecule has 6 heteroatoms. The molecule has 0 bridgehead atoms. The van der Waals surface area contributed by atoms with Gasteiger partial charge >= 0.3 is 0 Å². The Balaban J connectivity index is 1.44. The van der Waals surface area contributed by atoms with Crippen molar-refractivity contribution < 1.29 is 14.6 Å². The van der Waals surface area contributed by atoms with E-state index in [-0.39, 0.29) is 11.5 Å². The van der Waals surface area contributed by atoms with Crippen molar-refractivity contribution in [2.75, 3.05) is 26.2 Å². The molecule has 0 amide bonds. The maximum atomic E-state index is 13.7. The van der Waals surface area contributed by atoms with Crippen LogP contribution in [-0.2, 0) is 0 Å². The van der Waals surface area contributed by atoms with Crippen LogP contribution < -0.4 is 4.74 Å². The summed E-state index contributed by atoms with van der Waals surface area (Å²) >= 11 is 7.52. The third kappa shape index (κ3) is 5.08. The fourth-order valence-electron chi connectivity index (χ4n) is 4.78. The molecule has 1 aliphatic rings. The Labute approximate surface area is 214 Å². The van der Waals surface area contributed by atoms with Crippen LogP contribution in [0.1, 0.15) is 34.1 Å². The molecule has 35 heavy (non-hydrogen) atoms. The lowest BCUT2D eigenvalue weighted by molar-refractivity contribution is 0.104. The smallest absolute Gasteiger partial charge is 0.203 e. The number of phenols is 1.